The molecule has 0 spiro atoms. The number of nitrogens with two attached hydrogens (primary N) is 1. The molecular formula is C14H16BrN3O. The standard InChI is InChI=1S/C14H16BrN3O/c1-8(2)12-7-9(3)17-14(18-12)19-13-10(15)5-4-6-11(13)16/h4-8H,16H2,1-3H3. The molecule has 0 fully saturated rings. The number of aryl methyl sites for hydroxylation is 1. The summed E-state index contributed by atoms with van der Waals surface area (Å²) in [7, 11) is 0. The van der Waals surface area contributed by atoms with Gasteiger partial charge in [-0.05, 0) is 47.0 Å². The van der Waals surface area contributed by atoms with Gasteiger partial charge >= 0.3 is 6.01 Å². The van der Waals surface area contributed by atoms with E-state index >= 15 is 0 Å². The monoisotopic (exact) mass is 321 g/mol. The Kier molecular flexibility index (Phi) is 4.04. The third-order valence-electron chi connectivity index (χ3n) is 2.64. The molecule has 0 amide bonds. The number of hydrogen-bond donors (Lipinski definition) is 1. The van der Waals surface area contributed by atoms with Crippen molar-refractivity contribution in [2.24, 2.45) is 0 Å². The molecular weight excluding hydrogens is 306 g/mol. The lowest BCUT2D eigenvalue weighted by molar-refractivity contribution is 0.436. The molecule has 0 unspecified atom stereocenters. The van der Waals surface area contributed by atoms with Gasteiger partial charge in [0.15, 0.2) is 5.75 Å². The Hall–Kier alpha value is -1.62. The van der Waals surface area contributed by atoms with E-state index in [1.54, 1.807) is 6.07 Å². The zero-order valence-corrected chi connectivity index (χ0v) is 12.7. The fraction of sp³-hybridized carbons (Fsp3) is 0.286. The van der Waals surface area contributed by atoms with E-state index in [-0.39, 0.29) is 0 Å². The largest absolute Gasteiger partial charge is 0.421 e. The lowest BCUT2D eigenvalue weighted by Crippen LogP contribution is -2.01. The van der Waals surface area contributed by atoms with Gasteiger partial charge in [-0.3, -0.25) is 0 Å². The molecule has 0 saturated carbocycles. The van der Waals surface area contributed by atoms with Crippen LogP contribution in [0.25, 0.3) is 0 Å². The highest BCUT2D eigenvalue weighted by molar-refractivity contribution is 9.10. The minimum absolute atomic E-state index is 0.320. The normalized spacial score (nSPS) is 10.8. The van der Waals surface area contributed by atoms with Gasteiger partial charge in [-0.15, -0.1) is 0 Å². The molecule has 0 radical (unpaired) electrons. The van der Waals surface area contributed by atoms with Gasteiger partial charge < -0.3 is 10.5 Å². The van der Waals surface area contributed by atoms with Crippen LogP contribution in [-0.4, -0.2) is 9.97 Å². The van der Waals surface area contributed by atoms with Crippen molar-refractivity contribution < 1.29 is 4.74 Å². The summed E-state index contributed by atoms with van der Waals surface area (Å²) in [5.41, 5.74) is 8.27. The van der Waals surface area contributed by atoms with Gasteiger partial charge in [-0.1, -0.05) is 19.9 Å². The number of benzene rings is 1. The molecule has 2 rings (SSSR count). The molecule has 0 aliphatic heterocycles. The third kappa shape index (κ3) is 3.23. The van der Waals surface area contributed by atoms with Crippen molar-refractivity contribution in [1.29, 1.82) is 0 Å². The Labute approximate surface area is 121 Å². The molecule has 1 aromatic carbocycles. The minimum atomic E-state index is 0.320. The Morgan fingerprint density at radius 2 is 2.00 bits per heavy atom. The van der Waals surface area contributed by atoms with Crippen LogP contribution in [0.5, 0.6) is 11.8 Å². The molecule has 0 aliphatic carbocycles. The molecule has 19 heavy (non-hydrogen) atoms. The zero-order chi connectivity index (χ0) is 14.0. The van der Waals surface area contributed by atoms with Crippen LogP contribution in [0, 0.1) is 6.92 Å². The van der Waals surface area contributed by atoms with E-state index < -0.39 is 0 Å². The average molecular weight is 322 g/mol. The predicted molar refractivity (Wildman–Crippen MR) is 79.5 cm³/mol. The van der Waals surface area contributed by atoms with Crippen LogP contribution in [-0.2, 0) is 0 Å². The number of para-hydroxylation sites is 1. The first-order valence-corrected chi connectivity index (χ1v) is 6.84. The van der Waals surface area contributed by atoms with Crippen LogP contribution in [0.4, 0.5) is 5.69 Å². The van der Waals surface area contributed by atoms with Gasteiger partial charge in [-0.25, -0.2) is 4.98 Å². The van der Waals surface area contributed by atoms with E-state index in [1.807, 2.05) is 25.1 Å². The number of anilines is 1. The first kappa shape index (κ1) is 13.8. The molecule has 0 aliphatic rings. The second kappa shape index (κ2) is 5.57. The van der Waals surface area contributed by atoms with Crippen LogP contribution in [0.1, 0.15) is 31.2 Å². The number of rotatable bonds is 3. The van der Waals surface area contributed by atoms with Crippen LogP contribution in [0.3, 0.4) is 0 Å². The number of halogens is 1. The van der Waals surface area contributed by atoms with Gasteiger partial charge in [0.25, 0.3) is 0 Å². The molecule has 1 aromatic heterocycles. The Morgan fingerprint density at radius 1 is 1.26 bits per heavy atom. The van der Waals surface area contributed by atoms with E-state index in [9.17, 15) is 0 Å². The van der Waals surface area contributed by atoms with E-state index in [1.165, 1.54) is 0 Å². The summed E-state index contributed by atoms with van der Waals surface area (Å²) in [6.07, 6.45) is 0. The number of aromatic nitrogens is 2. The molecule has 100 valence electrons. The first-order chi connectivity index (χ1) is 8.97. The quantitative estimate of drug-likeness (QED) is 0.866. The summed E-state index contributed by atoms with van der Waals surface area (Å²) in [4.78, 5) is 8.68. The Bertz CT molecular complexity index is 579. The molecule has 5 heteroatoms. The summed E-state index contributed by atoms with van der Waals surface area (Å²) in [6.45, 7) is 6.08. The van der Waals surface area contributed by atoms with Crippen LogP contribution < -0.4 is 10.5 Å². The van der Waals surface area contributed by atoms with E-state index in [0.717, 1.165) is 15.9 Å². The fourth-order valence-corrected chi connectivity index (χ4v) is 2.09. The summed E-state index contributed by atoms with van der Waals surface area (Å²) < 4.78 is 6.50. The maximum atomic E-state index is 5.89. The van der Waals surface area contributed by atoms with Gasteiger partial charge in [0.2, 0.25) is 0 Å². The fourth-order valence-electron chi connectivity index (χ4n) is 1.63. The molecule has 1 heterocycles. The van der Waals surface area contributed by atoms with Crippen molar-refractivity contribution in [3.05, 3.63) is 40.1 Å². The SMILES string of the molecule is Cc1cc(C(C)C)nc(Oc2c(N)cccc2Br)n1. The lowest BCUT2D eigenvalue weighted by atomic mass is 10.1. The van der Waals surface area contributed by atoms with Gasteiger partial charge in [0.05, 0.1) is 15.9 Å². The molecule has 2 N–H and O–H groups in total. The number of nitrogens with zero attached hydrogens (tertiary/aromatic N) is 2. The Balaban J connectivity index is 2.38. The zero-order valence-electron chi connectivity index (χ0n) is 11.1. The second-order valence-corrected chi connectivity index (χ2v) is 5.49. The highest BCUT2D eigenvalue weighted by Crippen LogP contribution is 2.34. The van der Waals surface area contributed by atoms with Crippen molar-refractivity contribution in [3.63, 3.8) is 0 Å². The smallest absolute Gasteiger partial charge is 0.322 e. The summed E-state index contributed by atoms with van der Waals surface area (Å²) in [5.74, 6) is 0.864. The second-order valence-electron chi connectivity index (χ2n) is 4.63. The molecule has 4 nitrogen and oxygen atoms in total. The van der Waals surface area contributed by atoms with Gasteiger partial charge in [0.1, 0.15) is 0 Å². The highest BCUT2D eigenvalue weighted by atomic mass is 79.9. The molecule has 0 saturated heterocycles. The van der Waals surface area contributed by atoms with Crippen LogP contribution >= 0.6 is 15.9 Å². The van der Waals surface area contributed by atoms with E-state index in [0.29, 0.717) is 23.4 Å². The molecule has 0 bridgehead atoms. The van der Waals surface area contributed by atoms with E-state index in [2.05, 4.69) is 39.7 Å². The molecule has 2 aromatic rings. The van der Waals surface area contributed by atoms with Gasteiger partial charge in [-0.2, -0.15) is 4.98 Å². The lowest BCUT2D eigenvalue weighted by Gasteiger charge is -2.11. The number of ether oxygens (including phenoxy) is 1. The van der Waals surface area contributed by atoms with Crippen LogP contribution in [0.15, 0.2) is 28.7 Å². The van der Waals surface area contributed by atoms with E-state index in [4.69, 9.17) is 10.5 Å². The Morgan fingerprint density at radius 3 is 2.63 bits per heavy atom. The topological polar surface area (TPSA) is 61.0 Å². The van der Waals surface area contributed by atoms with Crippen molar-refractivity contribution in [2.75, 3.05) is 5.73 Å². The number of nitrogen functional groups attached to an aromatic ring is 1. The summed E-state index contributed by atoms with van der Waals surface area (Å²) >= 11 is 3.41. The third-order valence-corrected chi connectivity index (χ3v) is 3.26. The average Bonchev–Trinajstić information content (AvgIpc) is 2.33. The predicted octanol–water partition coefficient (Wildman–Crippen LogP) is 4.05. The maximum absolute atomic E-state index is 5.89. The van der Waals surface area contributed by atoms with Crippen molar-refractivity contribution in [2.45, 2.75) is 26.7 Å². The molecule has 0 atom stereocenters. The summed E-state index contributed by atoms with van der Waals surface area (Å²) in [6, 6.07) is 7.77. The van der Waals surface area contributed by atoms with Crippen molar-refractivity contribution >= 4 is 21.6 Å². The van der Waals surface area contributed by atoms with Crippen LogP contribution in [0.2, 0.25) is 0 Å². The maximum Gasteiger partial charge on any atom is 0.322 e. The van der Waals surface area contributed by atoms with Crippen molar-refractivity contribution in [3.8, 4) is 11.8 Å². The van der Waals surface area contributed by atoms with Crippen molar-refractivity contribution in [1.82, 2.24) is 9.97 Å². The summed E-state index contributed by atoms with van der Waals surface area (Å²) in [5, 5.41) is 0. The first-order valence-electron chi connectivity index (χ1n) is 6.05. The highest BCUT2D eigenvalue weighted by Gasteiger charge is 2.11. The van der Waals surface area contributed by atoms with Gasteiger partial charge in [0, 0.05) is 5.69 Å². The minimum Gasteiger partial charge on any atom is -0.421 e. The number of hydrogen-bond acceptors (Lipinski definition) is 4.